The summed E-state index contributed by atoms with van der Waals surface area (Å²) in [4.78, 5) is 3.95. The molecule has 0 aliphatic rings. The Morgan fingerprint density at radius 1 is 1.44 bits per heavy atom. The molecule has 0 aromatic carbocycles. The SMILES string of the molecule is CC(NCC(C)(C)S(C)(=O)=O)c1ccc(F)cn1. The minimum absolute atomic E-state index is 0.133. The van der Waals surface area contributed by atoms with Gasteiger partial charge in [-0.1, -0.05) is 0 Å². The van der Waals surface area contributed by atoms with E-state index in [0.29, 0.717) is 12.2 Å². The fraction of sp³-hybridized carbons (Fsp3) is 0.583. The number of nitrogens with one attached hydrogen (secondary N) is 1. The van der Waals surface area contributed by atoms with Gasteiger partial charge in [0.15, 0.2) is 9.84 Å². The molecule has 0 aliphatic heterocycles. The van der Waals surface area contributed by atoms with Gasteiger partial charge in [0, 0.05) is 18.8 Å². The lowest BCUT2D eigenvalue weighted by Gasteiger charge is -2.25. The lowest BCUT2D eigenvalue weighted by molar-refractivity contribution is 0.483. The van der Waals surface area contributed by atoms with Crippen LogP contribution in [0.3, 0.4) is 0 Å². The fourth-order valence-electron chi connectivity index (χ4n) is 1.28. The van der Waals surface area contributed by atoms with Gasteiger partial charge < -0.3 is 5.32 Å². The highest BCUT2D eigenvalue weighted by Crippen LogP contribution is 2.16. The zero-order chi connectivity index (χ0) is 14.0. The molecule has 1 aromatic rings. The molecule has 102 valence electrons. The maximum atomic E-state index is 12.7. The molecule has 0 amide bonds. The fourth-order valence-corrected chi connectivity index (χ4v) is 1.62. The van der Waals surface area contributed by atoms with Crippen LogP contribution in [0.5, 0.6) is 0 Å². The van der Waals surface area contributed by atoms with Gasteiger partial charge in [-0.3, -0.25) is 4.98 Å². The third-order valence-corrected chi connectivity index (χ3v) is 5.18. The van der Waals surface area contributed by atoms with Crippen molar-refractivity contribution in [3.8, 4) is 0 Å². The van der Waals surface area contributed by atoms with Gasteiger partial charge in [-0.15, -0.1) is 0 Å². The molecule has 0 bridgehead atoms. The van der Waals surface area contributed by atoms with E-state index in [1.807, 2.05) is 6.92 Å². The number of aromatic nitrogens is 1. The molecule has 6 heteroatoms. The molecule has 0 spiro atoms. The number of nitrogens with zero attached hydrogens (tertiary/aromatic N) is 1. The van der Waals surface area contributed by atoms with E-state index in [1.165, 1.54) is 12.3 Å². The van der Waals surface area contributed by atoms with E-state index in [2.05, 4.69) is 10.3 Å². The largest absolute Gasteiger partial charge is 0.307 e. The monoisotopic (exact) mass is 274 g/mol. The molecule has 1 N–H and O–H groups in total. The summed E-state index contributed by atoms with van der Waals surface area (Å²) in [7, 11) is -3.13. The Morgan fingerprint density at radius 2 is 2.06 bits per heavy atom. The first-order valence-corrected chi connectivity index (χ1v) is 7.57. The van der Waals surface area contributed by atoms with E-state index < -0.39 is 14.6 Å². The third kappa shape index (κ3) is 3.74. The second-order valence-electron chi connectivity index (χ2n) is 5.04. The Kier molecular flexibility index (Phi) is 4.45. The van der Waals surface area contributed by atoms with Gasteiger partial charge in [0.2, 0.25) is 0 Å². The van der Waals surface area contributed by atoms with Crippen molar-refractivity contribution in [2.24, 2.45) is 0 Å². The van der Waals surface area contributed by atoms with Gasteiger partial charge in [-0.25, -0.2) is 12.8 Å². The van der Waals surface area contributed by atoms with Gasteiger partial charge in [0.05, 0.1) is 16.6 Å². The number of hydrogen-bond donors (Lipinski definition) is 1. The van der Waals surface area contributed by atoms with E-state index in [4.69, 9.17) is 0 Å². The average Bonchev–Trinajstić information content (AvgIpc) is 2.25. The number of hydrogen-bond acceptors (Lipinski definition) is 4. The summed E-state index contributed by atoms with van der Waals surface area (Å²) in [5.74, 6) is -0.387. The lowest BCUT2D eigenvalue weighted by Crippen LogP contribution is -2.42. The molecular formula is C12H19FN2O2S. The van der Waals surface area contributed by atoms with E-state index >= 15 is 0 Å². The van der Waals surface area contributed by atoms with E-state index in [9.17, 15) is 12.8 Å². The quantitative estimate of drug-likeness (QED) is 0.887. The van der Waals surface area contributed by atoms with Crippen LogP contribution in [-0.2, 0) is 9.84 Å². The topological polar surface area (TPSA) is 59.1 Å². The highest BCUT2D eigenvalue weighted by Gasteiger charge is 2.30. The number of sulfone groups is 1. The molecule has 4 nitrogen and oxygen atoms in total. The second-order valence-corrected chi connectivity index (χ2v) is 7.69. The molecule has 0 saturated carbocycles. The van der Waals surface area contributed by atoms with Crippen molar-refractivity contribution < 1.29 is 12.8 Å². The van der Waals surface area contributed by atoms with Crippen molar-refractivity contribution >= 4 is 9.84 Å². The van der Waals surface area contributed by atoms with Crippen LogP contribution in [0.15, 0.2) is 18.3 Å². The normalized spacial score (nSPS) is 14.5. The predicted molar refractivity (Wildman–Crippen MR) is 69.5 cm³/mol. The lowest BCUT2D eigenvalue weighted by atomic mass is 10.1. The van der Waals surface area contributed by atoms with Crippen LogP contribution in [0, 0.1) is 5.82 Å². The van der Waals surface area contributed by atoms with Crippen LogP contribution < -0.4 is 5.32 Å². The van der Waals surface area contributed by atoms with Crippen molar-refractivity contribution in [1.82, 2.24) is 10.3 Å². The Balaban J connectivity index is 2.67. The standard InChI is InChI=1S/C12H19FN2O2S/c1-9(11-6-5-10(13)7-14-11)15-8-12(2,3)18(4,16)17/h5-7,9,15H,8H2,1-4H3. The number of rotatable bonds is 5. The molecule has 1 aromatic heterocycles. The van der Waals surface area contributed by atoms with Crippen LogP contribution in [0.1, 0.15) is 32.5 Å². The van der Waals surface area contributed by atoms with Gasteiger partial charge >= 0.3 is 0 Å². The van der Waals surface area contributed by atoms with Gasteiger partial charge in [0.1, 0.15) is 5.82 Å². The number of pyridine rings is 1. The van der Waals surface area contributed by atoms with Gasteiger partial charge in [0.25, 0.3) is 0 Å². The highest BCUT2D eigenvalue weighted by atomic mass is 32.2. The van der Waals surface area contributed by atoms with Crippen molar-refractivity contribution in [2.75, 3.05) is 12.8 Å². The van der Waals surface area contributed by atoms with Crippen LogP contribution in [0.4, 0.5) is 4.39 Å². The maximum Gasteiger partial charge on any atom is 0.153 e. The molecule has 1 heterocycles. The van der Waals surface area contributed by atoms with Crippen LogP contribution in [0.25, 0.3) is 0 Å². The summed E-state index contributed by atoms with van der Waals surface area (Å²) in [5, 5.41) is 3.10. The molecule has 1 rings (SSSR count). The smallest absolute Gasteiger partial charge is 0.153 e. The number of halogens is 1. The second kappa shape index (κ2) is 5.32. The predicted octanol–water partition coefficient (Wildman–Crippen LogP) is 1.69. The maximum absolute atomic E-state index is 12.7. The van der Waals surface area contributed by atoms with E-state index in [0.717, 1.165) is 6.20 Å². The summed E-state index contributed by atoms with van der Waals surface area (Å²) in [5.41, 5.74) is 0.681. The summed E-state index contributed by atoms with van der Waals surface area (Å²) in [6, 6.07) is 2.79. The van der Waals surface area contributed by atoms with Gasteiger partial charge in [-0.05, 0) is 32.9 Å². The average molecular weight is 274 g/mol. The first-order chi connectivity index (χ1) is 8.13. The molecule has 0 saturated heterocycles. The van der Waals surface area contributed by atoms with Crippen LogP contribution in [0.2, 0.25) is 0 Å². The van der Waals surface area contributed by atoms with Crippen LogP contribution in [-0.4, -0.2) is 30.9 Å². The molecule has 0 radical (unpaired) electrons. The Hall–Kier alpha value is -1.01. The molecular weight excluding hydrogens is 255 g/mol. The van der Waals surface area contributed by atoms with Crippen molar-refractivity contribution in [3.63, 3.8) is 0 Å². The van der Waals surface area contributed by atoms with Crippen LogP contribution >= 0.6 is 0 Å². The molecule has 0 aliphatic carbocycles. The molecule has 1 unspecified atom stereocenters. The summed E-state index contributed by atoms with van der Waals surface area (Å²) in [6.45, 7) is 5.50. The first-order valence-electron chi connectivity index (χ1n) is 5.68. The zero-order valence-electron chi connectivity index (χ0n) is 11.1. The van der Waals surface area contributed by atoms with Crippen molar-refractivity contribution in [2.45, 2.75) is 31.6 Å². The Labute approximate surface area is 108 Å². The summed E-state index contributed by atoms with van der Waals surface area (Å²) >= 11 is 0. The van der Waals surface area contributed by atoms with Crippen molar-refractivity contribution in [3.05, 3.63) is 29.8 Å². The van der Waals surface area contributed by atoms with Crippen molar-refractivity contribution in [1.29, 1.82) is 0 Å². The molecule has 0 fully saturated rings. The van der Waals surface area contributed by atoms with E-state index in [1.54, 1.807) is 19.9 Å². The van der Waals surface area contributed by atoms with Gasteiger partial charge in [-0.2, -0.15) is 0 Å². The highest BCUT2D eigenvalue weighted by molar-refractivity contribution is 7.92. The first kappa shape index (κ1) is 15.0. The van der Waals surface area contributed by atoms with E-state index in [-0.39, 0.29) is 11.9 Å². The molecule has 18 heavy (non-hydrogen) atoms. The minimum atomic E-state index is -3.13. The zero-order valence-corrected chi connectivity index (χ0v) is 11.9. The third-order valence-electron chi connectivity index (χ3n) is 3.03. The summed E-state index contributed by atoms with van der Waals surface area (Å²) in [6.07, 6.45) is 2.37. The Bertz CT molecular complexity index is 497. The Morgan fingerprint density at radius 3 is 2.50 bits per heavy atom. The summed E-state index contributed by atoms with van der Waals surface area (Å²) < 4.78 is 35.0. The molecule has 1 atom stereocenters. The minimum Gasteiger partial charge on any atom is -0.307 e.